The van der Waals surface area contributed by atoms with Crippen LogP contribution >= 0.6 is 0 Å². The fourth-order valence-corrected chi connectivity index (χ4v) is 2.73. The van der Waals surface area contributed by atoms with Crippen LogP contribution in [0.15, 0.2) is 0 Å². The van der Waals surface area contributed by atoms with E-state index in [1.54, 1.807) is 0 Å². The molecule has 1 heterocycles. The minimum Gasteiger partial charge on any atom is -0.305 e. The van der Waals surface area contributed by atoms with Gasteiger partial charge in [0, 0.05) is 25.2 Å². The van der Waals surface area contributed by atoms with E-state index in [0.717, 1.165) is 17.9 Å². The number of nitrogens with zero attached hydrogens (tertiary/aromatic N) is 2. The zero-order valence-electron chi connectivity index (χ0n) is 11.3. The quantitative estimate of drug-likeness (QED) is 0.705. The highest BCUT2D eigenvalue weighted by Gasteiger charge is 2.34. The normalized spacial score (nSPS) is 28.6. The molecule has 2 heteroatoms. The predicted octanol–water partition coefficient (Wildman–Crippen LogP) is 2.30. The van der Waals surface area contributed by atoms with Gasteiger partial charge in [0.1, 0.15) is 0 Å². The molecule has 0 amide bonds. The van der Waals surface area contributed by atoms with Crippen LogP contribution in [0.5, 0.6) is 0 Å². The Labute approximate surface area is 95.6 Å². The number of rotatable bonds is 4. The van der Waals surface area contributed by atoms with Gasteiger partial charge in [-0.2, -0.15) is 0 Å². The van der Waals surface area contributed by atoms with Gasteiger partial charge in [0.05, 0.1) is 0 Å². The Morgan fingerprint density at radius 3 is 2.13 bits per heavy atom. The van der Waals surface area contributed by atoms with E-state index < -0.39 is 0 Å². The van der Waals surface area contributed by atoms with Crippen molar-refractivity contribution < 1.29 is 0 Å². The third kappa shape index (κ3) is 3.46. The van der Waals surface area contributed by atoms with E-state index in [1.165, 1.54) is 19.5 Å². The van der Waals surface area contributed by atoms with Crippen molar-refractivity contribution in [3.63, 3.8) is 0 Å². The lowest BCUT2D eigenvalue weighted by Gasteiger charge is -2.26. The minimum absolute atomic E-state index is 0.699. The first-order chi connectivity index (χ1) is 6.91. The molecule has 2 atom stereocenters. The summed E-state index contributed by atoms with van der Waals surface area (Å²) in [5.41, 5.74) is 0. The van der Waals surface area contributed by atoms with Gasteiger partial charge in [-0.3, -0.25) is 4.90 Å². The van der Waals surface area contributed by atoms with E-state index in [0.29, 0.717) is 6.04 Å². The molecule has 0 aromatic heterocycles. The Balaban J connectivity index is 2.59. The van der Waals surface area contributed by atoms with Crippen LogP contribution in [0.1, 0.15) is 34.1 Å². The van der Waals surface area contributed by atoms with Crippen molar-refractivity contribution >= 4 is 0 Å². The molecule has 0 aromatic rings. The van der Waals surface area contributed by atoms with Crippen LogP contribution in [0.4, 0.5) is 0 Å². The van der Waals surface area contributed by atoms with Gasteiger partial charge >= 0.3 is 0 Å². The molecule has 0 unspecified atom stereocenters. The van der Waals surface area contributed by atoms with Crippen LogP contribution < -0.4 is 0 Å². The predicted molar refractivity (Wildman–Crippen MR) is 67.1 cm³/mol. The van der Waals surface area contributed by atoms with E-state index in [2.05, 4.69) is 51.6 Å². The Kier molecular flexibility index (Phi) is 4.60. The summed E-state index contributed by atoms with van der Waals surface area (Å²) in [6.45, 7) is 11.8. The Morgan fingerprint density at radius 2 is 1.73 bits per heavy atom. The Hall–Kier alpha value is -0.0800. The van der Waals surface area contributed by atoms with Crippen LogP contribution in [0, 0.1) is 11.8 Å². The summed E-state index contributed by atoms with van der Waals surface area (Å²) in [6, 6.07) is 1.46. The van der Waals surface area contributed by atoms with Crippen LogP contribution in [0.2, 0.25) is 0 Å². The van der Waals surface area contributed by atoms with E-state index in [1.807, 2.05) is 0 Å². The molecule has 0 radical (unpaired) electrons. The average Bonchev–Trinajstić information content (AvgIpc) is 2.46. The van der Waals surface area contributed by atoms with Crippen molar-refractivity contribution in [3.8, 4) is 0 Å². The largest absolute Gasteiger partial charge is 0.305 e. The first-order valence-electron chi connectivity index (χ1n) is 6.32. The molecule has 1 aliphatic heterocycles. The molecule has 1 fully saturated rings. The van der Waals surface area contributed by atoms with Gasteiger partial charge < -0.3 is 4.90 Å². The molecular formula is C13H28N2. The fraction of sp³-hybridized carbons (Fsp3) is 1.00. The van der Waals surface area contributed by atoms with Crippen molar-refractivity contribution in [1.82, 2.24) is 9.80 Å². The van der Waals surface area contributed by atoms with Gasteiger partial charge in [0.15, 0.2) is 0 Å². The van der Waals surface area contributed by atoms with Crippen molar-refractivity contribution in [1.29, 1.82) is 0 Å². The maximum atomic E-state index is 2.62. The summed E-state index contributed by atoms with van der Waals surface area (Å²) in [6.07, 6.45) is 1.37. The standard InChI is InChI=1S/C13H28N2/c1-10(2)7-12-8-15(11(3)4)9-13(12)14(5)6/h10-13H,7-9H2,1-6H3/t12-,13-/m1/s1. The number of likely N-dealkylation sites (tertiary alicyclic amines) is 1. The van der Waals surface area contributed by atoms with Crippen molar-refractivity contribution in [2.75, 3.05) is 27.2 Å². The molecule has 0 N–H and O–H groups in total. The molecule has 15 heavy (non-hydrogen) atoms. The first-order valence-corrected chi connectivity index (χ1v) is 6.32. The van der Waals surface area contributed by atoms with Gasteiger partial charge in [-0.1, -0.05) is 13.8 Å². The van der Waals surface area contributed by atoms with Gasteiger partial charge in [0.2, 0.25) is 0 Å². The van der Waals surface area contributed by atoms with Crippen molar-refractivity contribution in [2.24, 2.45) is 11.8 Å². The molecule has 0 saturated carbocycles. The second-order valence-electron chi connectivity index (χ2n) is 5.97. The maximum absolute atomic E-state index is 2.62. The third-order valence-corrected chi connectivity index (χ3v) is 3.60. The summed E-state index contributed by atoms with van der Waals surface area (Å²) in [5.74, 6) is 1.69. The molecule has 0 aromatic carbocycles. The summed E-state index contributed by atoms with van der Waals surface area (Å²) in [4.78, 5) is 5.03. The van der Waals surface area contributed by atoms with Crippen molar-refractivity contribution in [3.05, 3.63) is 0 Å². The number of hydrogen-bond donors (Lipinski definition) is 0. The summed E-state index contributed by atoms with van der Waals surface area (Å²) < 4.78 is 0. The number of likely N-dealkylation sites (N-methyl/N-ethyl adjacent to an activating group) is 1. The van der Waals surface area contributed by atoms with E-state index in [9.17, 15) is 0 Å². The molecule has 0 aliphatic carbocycles. The van der Waals surface area contributed by atoms with E-state index >= 15 is 0 Å². The highest BCUT2D eigenvalue weighted by atomic mass is 15.3. The second kappa shape index (κ2) is 5.31. The lowest BCUT2D eigenvalue weighted by Crippen LogP contribution is -2.36. The van der Waals surface area contributed by atoms with Crippen LogP contribution in [0.3, 0.4) is 0 Å². The summed E-state index contributed by atoms with van der Waals surface area (Å²) >= 11 is 0. The zero-order chi connectivity index (χ0) is 11.6. The molecule has 1 aliphatic rings. The SMILES string of the molecule is CC(C)C[C@@H]1CN(C(C)C)C[C@H]1N(C)C. The first kappa shape index (κ1) is 13.0. The molecule has 2 nitrogen and oxygen atoms in total. The van der Waals surface area contributed by atoms with Gasteiger partial charge in [-0.05, 0) is 46.2 Å². The van der Waals surface area contributed by atoms with Crippen molar-refractivity contribution in [2.45, 2.75) is 46.2 Å². The Morgan fingerprint density at radius 1 is 1.13 bits per heavy atom. The molecule has 0 spiro atoms. The molecular weight excluding hydrogens is 184 g/mol. The second-order valence-corrected chi connectivity index (χ2v) is 5.97. The van der Waals surface area contributed by atoms with Gasteiger partial charge in [-0.25, -0.2) is 0 Å². The maximum Gasteiger partial charge on any atom is 0.0257 e. The van der Waals surface area contributed by atoms with Crippen LogP contribution in [-0.2, 0) is 0 Å². The monoisotopic (exact) mass is 212 g/mol. The van der Waals surface area contributed by atoms with Gasteiger partial charge in [-0.15, -0.1) is 0 Å². The molecule has 90 valence electrons. The third-order valence-electron chi connectivity index (χ3n) is 3.60. The minimum atomic E-state index is 0.699. The summed E-state index contributed by atoms with van der Waals surface area (Å²) in [7, 11) is 4.45. The van der Waals surface area contributed by atoms with Crippen LogP contribution in [0.25, 0.3) is 0 Å². The zero-order valence-corrected chi connectivity index (χ0v) is 11.3. The average molecular weight is 212 g/mol. The van der Waals surface area contributed by atoms with E-state index in [4.69, 9.17) is 0 Å². The molecule has 1 saturated heterocycles. The van der Waals surface area contributed by atoms with Crippen LogP contribution in [-0.4, -0.2) is 49.1 Å². The fourth-order valence-electron chi connectivity index (χ4n) is 2.73. The lowest BCUT2D eigenvalue weighted by molar-refractivity contribution is 0.224. The smallest absolute Gasteiger partial charge is 0.0257 e. The van der Waals surface area contributed by atoms with E-state index in [-0.39, 0.29) is 0 Å². The lowest BCUT2D eigenvalue weighted by atomic mass is 9.92. The highest BCUT2D eigenvalue weighted by molar-refractivity contribution is 4.90. The molecule has 1 rings (SSSR count). The van der Waals surface area contributed by atoms with Gasteiger partial charge in [0.25, 0.3) is 0 Å². The number of hydrogen-bond acceptors (Lipinski definition) is 2. The summed E-state index contributed by atoms with van der Waals surface area (Å²) in [5, 5.41) is 0. The highest BCUT2D eigenvalue weighted by Crippen LogP contribution is 2.27. The Bertz CT molecular complexity index is 187. The molecule has 0 bridgehead atoms. The topological polar surface area (TPSA) is 6.48 Å².